The third-order valence-electron chi connectivity index (χ3n) is 5.99. The van der Waals surface area contributed by atoms with Gasteiger partial charge in [0.2, 0.25) is 0 Å². The average molecular weight is 456 g/mol. The molecule has 4 nitrogen and oxygen atoms in total. The van der Waals surface area contributed by atoms with E-state index in [1.807, 2.05) is 56.3 Å². The first kappa shape index (κ1) is 21.6. The standard InChI is InChI=1S/C28H25NO3S/c1-16-7-6-8-19(13-16)15-32-23-12-11-17(2)26-25(23)21(28(30)31)14-22(29-26)27-18(3)20-9-4-5-10-24(20)33-27/h4-14,28,30-31H,15H2,1-3H3. The maximum Gasteiger partial charge on any atom is 0.179 e. The molecule has 0 saturated carbocycles. The third-order valence-corrected chi connectivity index (χ3v) is 7.28. The van der Waals surface area contributed by atoms with Crippen LogP contribution in [0.4, 0.5) is 0 Å². The number of aryl methyl sites for hydroxylation is 3. The van der Waals surface area contributed by atoms with Gasteiger partial charge in [-0.3, -0.25) is 0 Å². The highest BCUT2D eigenvalue weighted by atomic mass is 32.1. The molecule has 0 amide bonds. The Hall–Kier alpha value is -3.25. The minimum atomic E-state index is -1.65. The van der Waals surface area contributed by atoms with Crippen LogP contribution in [-0.2, 0) is 6.61 Å². The van der Waals surface area contributed by atoms with Gasteiger partial charge in [0.25, 0.3) is 0 Å². The monoisotopic (exact) mass is 455 g/mol. The zero-order valence-electron chi connectivity index (χ0n) is 18.8. The second-order valence-corrected chi connectivity index (χ2v) is 9.46. The summed E-state index contributed by atoms with van der Waals surface area (Å²) in [5.74, 6) is 0.590. The van der Waals surface area contributed by atoms with Crippen molar-refractivity contribution < 1.29 is 14.9 Å². The van der Waals surface area contributed by atoms with E-state index in [-0.39, 0.29) is 0 Å². The van der Waals surface area contributed by atoms with Crippen molar-refractivity contribution in [2.24, 2.45) is 0 Å². The predicted molar refractivity (Wildman–Crippen MR) is 135 cm³/mol. The van der Waals surface area contributed by atoms with Crippen LogP contribution in [-0.4, -0.2) is 15.2 Å². The molecule has 3 aromatic carbocycles. The molecule has 0 radical (unpaired) electrons. The third kappa shape index (κ3) is 4.00. The Bertz CT molecular complexity index is 1490. The topological polar surface area (TPSA) is 62.6 Å². The van der Waals surface area contributed by atoms with Crippen LogP contribution in [0.3, 0.4) is 0 Å². The number of aliphatic hydroxyl groups excluding tert-OH is 1. The quantitative estimate of drug-likeness (QED) is 0.293. The van der Waals surface area contributed by atoms with E-state index in [1.165, 1.54) is 15.6 Å². The van der Waals surface area contributed by atoms with Crippen molar-refractivity contribution in [3.8, 4) is 16.3 Å². The van der Waals surface area contributed by atoms with E-state index in [0.29, 0.717) is 28.8 Å². The van der Waals surface area contributed by atoms with E-state index < -0.39 is 6.29 Å². The van der Waals surface area contributed by atoms with Gasteiger partial charge in [-0.05, 0) is 61.0 Å². The summed E-state index contributed by atoms with van der Waals surface area (Å²) in [6, 6.07) is 22.1. The lowest BCUT2D eigenvalue weighted by molar-refractivity contribution is -0.0414. The number of hydrogen-bond acceptors (Lipinski definition) is 5. The molecule has 0 spiro atoms. The van der Waals surface area contributed by atoms with Gasteiger partial charge in [-0.15, -0.1) is 11.3 Å². The highest BCUT2D eigenvalue weighted by Gasteiger charge is 2.20. The first-order chi connectivity index (χ1) is 15.9. The molecule has 2 aromatic heterocycles. The van der Waals surface area contributed by atoms with Crippen molar-refractivity contribution in [1.82, 2.24) is 4.98 Å². The van der Waals surface area contributed by atoms with Gasteiger partial charge in [-0.1, -0.05) is 54.1 Å². The molecule has 0 aliphatic carbocycles. The number of rotatable bonds is 5. The number of aliphatic hydroxyl groups is 2. The minimum absolute atomic E-state index is 0.387. The molecule has 0 aliphatic heterocycles. The molecule has 0 saturated heterocycles. The first-order valence-corrected chi connectivity index (χ1v) is 11.7. The molecule has 0 bridgehead atoms. The van der Waals surface area contributed by atoms with E-state index >= 15 is 0 Å². The predicted octanol–water partition coefficient (Wildman–Crippen LogP) is 6.60. The van der Waals surface area contributed by atoms with E-state index in [1.54, 1.807) is 17.4 Å². The van der Waals surface area contributed by atoms with Gasteiger partial charge in [0, 0.05) is 10.3 Å². The largest absolute Gasteiger partial charge is 0.488 e. The normalized spacial score (nSPS) is 11.6. The van der Waals surface area contributed by atoms with Gasteiger partial charge in [-0.25, -0.2) is 4.98 Å². The summed E-state index contributed by atoms with van der Waals surface area (Å²) >= 11 is 1.67. The van der Waals surface area contributed by atoms with Gasteiger partial charge in [0.1, 0.15) is 12.4 Å². The Labute approximate surface area is 196 Å². The van der Waals surface area contributed by atoms with Crippen LogP contribution in [0.2, 0.25) is 0 Å². The van der Waals surface area contributed by atoms with E-state index in [4.69, 9.17) is 9.72 Å². The van der Waals surface area contributed by atoms with Crippen LogP contribution >= 0.6 is 11.3 Å². The summed E-state index contributed by atoms with van der Waals surface area (Å²) in [6.45, 7) is 6.50. The zero-order valence-corrected chi connectivity index (χ0v) is 19.6. The van der Waals surface area contributed by atoms with Crippen molar-refractivity contribution in [3.63, 3.8) is 0 Å². The maximum atomic E-state index is 10.3. The molecule has 0 atom stereocenters. The van der Waals surface area contributed by atoms with Crippen LogP contribution in [0.1, 0.15) is 34.1 Å². The molecule has 5 rings (SSSR count). The molecule has 166 valence electrons. The molecule has 33 heavy (non-hydrogen) atoms. The smallest absolute Gasteiger partial charge is 0.179 e. The van der Waals surface area contributed by atoms with Crippen LogP contribution < -0.4 is 4.74 Å². The minimum Gasteiger partial charge on any atom is -0.488 e. The van der Waals surface area contributed by atoms with Crippen molar-refractivity contribution >= 4 is 32.3 Å². The number of benzene rings is 3. The van der Waals surface area contributed by atoms with Gasteiger partial charge in [-0.2, -0.15) is 0 Å². The van der Waals surface area contributed by atoms with Gasteiger partial charge in [0.15, 0.2) is 6.29 Å². The summed E-state index contributed by atoms with van der Waals surface area (Å²) < 4.78 is 7.35. The number of aromatic nitrogens is 1. The van der Waals surface area contributed by atoms with E-state index in [0.717, 1.165) is 27.3 Å². The Morgan fingerprint density at radius 2 is 1.76 bits per heavy atom. The van der Waals surface area contributed by atoms with Gasteiger partial charge < -0.3 is 14.9 Å². The molecular formula is C28H25NO3S. The van der Waals surface area contributed by atoms with Crippen molar-refractivity contribution in [2.45, 2.75) is 33.7 Å². The number of ether oxygens (including phenoxy) is 1. The average Bonchev–Trinajstić information content (AvgIpc) is 3.15. The molecule has 0 unspecified atom stereocenters. The summed E-state index contributed by atoms with van der Waals surface area (Å²) in [6.07, 6.45) is -1.65. The SMILES string of the molecule is Cc1cccc(COc2ccc(C)c3nc(-c4sc5ccccc5c4C)cc(C(O)O)c23)c1. The summed E-state index contributed by atoms with van der Waals surface area (Å²) in [5, 5.41) is 22.5. The van der Waals surface area contributed by atoms with E-state index in [2.05, 4.69) is 25.1 Å². The highest BCUT2D eigenvalue weighted by molar-refractivity contribution is 7.22. The number of nitrogens with zero attached hydrogens (tertiary/aromatic N) is 1. The van der Waals surface area contributed by atoms with Crippen LogP contribution in [0.15, 0.2) is 66.7 Å². The fraction of sp³-hybridized carbons (Fsp3) is 0.179. The Morgan fingerprint density at radius 3 is 2.52 bits per heavy atom. The molecule has 5 heteroatoms. The Morgan fingerprint density at radius 1 is 0.939 bits per heavy atom. The molecule has 0 aliphatic rings. The second-order valence-electron chi connectivity index (χ2n) is 8.40. The summed E-state index contributed by atoms with van der Waals surface area (Å²) in [7, 11) is 0. The van der Waals surface area contributed by atoms with E-state index in [9.17, 15) is 10.2 Å². The van der Waals surface area contributed by atoms with Crippen LogP contribution in [0.25, 0.3) is 31.6 Å². The number of thiophene rings is 1. The van der Waals surface area contributed by atoms with Crippen LogP contribution in [0, 0.1) is 20.8 Å². The second kappa shape index (κ2) is 8.60. The van der Waals surface area contributed by atoms with Gasteiger partial charge in [0.05, 0.1) is 21.5 Å². The van der Waals surface area contributed by atoms with Crippen molar-refractivity contribution in [2.75, 3.05) is 0 Å². The van der Waals surface area contributed by atoms with Gasteiger partial charge >= 0.3 is 0 Å². The van der Waals surface area contributed by atoms with Crippen molar-refractivity contribution in [3.05, 3.63) is 94.5 Å². The molecule has 0 fully saturated rings. The number of fused-ring (bicyclic) bond motifs is 2. The summed E-state index contributed by atoms with van der Waals surface area (Å²) in [4.78, 5) is 6.01. The molecule has 5 aromatic rings. The lowest BCUT2D eigenvalue weighted by atomic mass is 10.0. The number of pyridine rings is 1. The molecular weight excluding hydrogens is 430 g/mol. The first-order valence-electron chi connectivity index (χ1n) is 10.9. The number of hydrogen-bond donors (Lipinski definition) is 2. The maximum absolute atomic E-state index is 10.3. The fourth-order valence-electron chi connectivity index (χ4n) is 4.29. The molecule has 2 heterocycles. The lowest BCUT2D eigenvalue weighted by Gasteiger charge is -2.17. The Kier molecular flexibility index (Phi) is 5.62. The molecule has 2 N–H and O–H groups in total. The van der Waals surface area contributed by atoms with Crippen LogP contribution in [0.5, 0.6) is 5.75 Å². The highest BCUT2D eigenvalue weighted by Crippen LogP contribution is 2.41. The zero-order chi connectivity index (χ0) is 23.1. The summed E-state index contributed by atoms with van der Waals surface area (Å²) in [5.41, 5.74) is 6.18. The Balaban J connectivity index is 1.66. The van der Waals surface area contributed by atoms with Crippen molar-refractivity contribution in [1.29, 1.82) is 0 Å². The fourth-order valence-corrected chi connectivity index (χ4v) is 5.46. The lowest BCUT2D eigenvalue weighted by Crippen LogP contribution is -2.03.